The number of benzene rings is 2. The maximum absolute atomic E-state index is 12.3. The Morgan fingerprint density at radius 3 is 2.79 bits per heavy atom. The molecule has 1 aliphatic carbocycles. The molecule has 2 N–H and O–H groups in total. The Hall–Kier alpha value is -1.61. The van der Waals surface area contributed by atoms with Crippen LogP contribution in [0.2, 0.25) is 0 Å². The summed E-state index contributed by atoms with van der Waals surface area (Å²) in [4.78, 5) is 12.3. The third kappa shape index (κ3) is 2.30. The molecule has 2 aromatic carbocycles. The molecule has 1 atom stereocenters. The van der Waals surface area contributed by atoms with E-state index in [1.165, 1.54) is 11.1 Å². The van der Waals surface area contributed by atoms with Crippen molar-refractivity contribution in [1.82, 2.24) is 0 Å². The maximum atomic E-state index is 12.3. The van der Waals surface area contributed by atoms with E-state index < -0.39 is 0 Å². The van der Waals surface area contributed by atoms with E-state index in [4.69, 9.17) is 5.73 Å². The molecule has 0 saturated carbocycles. The van der Waals surface area contributed by atoms with Gasteiger partial charge in [0.15, 0.2) is 5.78 Å². The minimum atomic E-state index is 0.181. The number of hydrogen-bond donors (Lipinski definition) is 1. The number of Topliss-reactive ketones (excluding diaryl/α,β-unsaturated/α-hetero) is 1. The Balaban J connectivity index is 1.75. The number of carbonyl (C=O) groups excluding carboxylic acids is 1. The molecule has 0 radical (unpaired) electrons. The molecule has 0 bridgehead atoms. The van der Waals surface area contributed by atoms with Gasteiger partial charge in [0.2, 0.25) is 0 Å². The van der Waals surface area contributed by atoms with E-state index in [9.17, 15) is 4.79 Å². The van der Waals surface area contributed by atoms with Crippen molar-refractivity contribution in [2.75, 3.05) is 5.73 Å². The smallest absolute Gasteiger partial charge is 0.163 e. The van der Waals surface area contributed by atoms with E-state index in [0.717, 1.165) is 16.5 Å². The molecule has 2 aromatic rings. The van der Waals surface area contributed by atoms with Crippen LogP contribution in [0, 0.1) is 0 Å². The van der Waals surface area contributed by atoms with Crippen LogP contribution < -0.4 is 5.73 Å². The van der Waals surface area contributed by atoms with Crippen molar-refractivity contribution in [3.8, 4) is 0 Å². The van der Waals surface area contributed by atoms with Crippen LogP contribution in [0.3, 0.4) is 0 Å². The second-order valence-corrected chi connectivity index (χ2v) is 5.82. The van der Waals surface area contributed by atoms with Gasteiger partial charge in [-0.25, -0.2) is 0 Å². The number of halogens is 1. The fraction of sp³-hybridized carbons (Fsp3) is 0.188. The zero-order valence-electron chi connectivity index (χ0n) is 10.4. The molecule has 0 spiro atoms. The van der Waals surface area contributed by atoms with Gasteiger partial charge in [-0.15, -0.1) is 0 Å². The van der Waals surface area contributed by atoms with Crippen LogP contribution in [0.15, 0.2) is 46.9 Å². The minimum absolute atomic E-state index is 0.181. The molecule has 0 saturated heterocycles. The molecule has 2 nitrogen and oxygen atoms in total. The summed E-state index contributed by atoms with van der Waals surface area (Å²) in [6.07, 6.45) is 1.59. The van der Waals surface area contributed by atoms with Gasteiger partial charge in [0.05, 0.1) is 0 Å². The van der Waals surface area contributed by atoms with E-state index in [-0.39, 0.29) is 5.78 Å². The number of hydrogen-bond acceptors (Lipinski definition) is 2. The maximum Gasteiger partial charge on any atom is 0.163 e. The Labute approximate surface area is 120 Å². The summed E-state index contributed by atoms with van der Waals surface area (Å²) in [5.41, 5.74) is 9.82. The summed E-state index contributed by atoms with van der Waals surface area (Å²) in [5.74, 6) is 0.556. The predicted octanol–water partition coefficient (Wildman–Crippen LogP) is 3.94. The quantitative estimate of drug-likeness (QED) is 0.688. The van der Waals surface area contributed by atoms with Crippen molar-refractivity contribution in [3.05, 3.63) is 63.6 Å². The van der Waals surface area contributed by atoms with Gasteiger partial charge in [0, 0.05) is 22.1 Å². The molecule has 96 valence electrons. The number of anilines is 1. The first-order chi connectivity index (χ1) is 9.15. The first-order valence-electron chi connectivity index (χ1n) is 6.31. The van der Waals surface area contributed by atoms with Gasteiger partial charge in [-0.05, 0) is 57.6 Å². The highest BCUT2D eigenvalue weighted by atomic mass is 79.9. The van der Waals surface area contributed by atoms with Crippen LogP contribution in [0.5, 0.6) is 0 Å². The van der Waals surface area contributed by atoms with Crippen LogP contribution in [0.1, 0.15) is 33.8 Å². The monoisotopic (exact) mass is 315 g/mol. The fourth-order valence-corrected chi connectivity index (χ4v) is 2.97. The van der Waals surface area contributed by atoms with E-state index >= 15 is 0 Å². The highest BCUT2D eigenvalue weighted by Crippen LogP contribution is 2.38. The summed E-state index contributed by atoms with van der Waals surface area (Å²) < 4.78 is 0.785. The lowest BCUT2D eigenvalue weighted by Crippen LogP contribution is -2.20. The normalized spacial score (nSPS) is 16.6. The van der Waals surface area contributed by atoms with Crippen LogP contribution in [-0.4, -0.2) is 5.78 Å². The number of carbonyl (C=O) groups is 1. The predicted molar refractivity (Wildman–Crippen MR) is 80.4 cm³/mol. The standard InChI is InChI=1S/C16H14BrNO/c17-14-8-11(5-6-15(14)18)16(19)9-12-7-10-3-1-2-4-13(10)12/h1-6,8,12H,7,9,18H2. The zero-order valence-corrected chi connectivity index (χ0v) is 12.0. The Morgan fingerprint density at radius 2 is 2.05 bits per heavy atom. The Bertz CT molecular complexity index is 651. The van der Waals surface area contributed by atoms with Gasteiger partial charge in [-0.3, -0.25) is 4.79 Å². The molecular formula is C16H14BrNO. The number of rotatable bonds is 3. The Kier molecular flexibility index (Phi) is 3.15. The van der Waals surface area contributed by atoms with Crippen molar-refractivity contribution in [2.24, 2.45) is 0 Å². The highest BCUT2D eigenvalue weighted by Gasteiger charge is 2.27. The first kappa shape index (κ1) is 12.4. The topological polar surface area (TPSA) is 43.1 Å². The van der Waals surface area contributed by atoms with Crippen molar-refractivity contribution in [3.63, 3.8) is 0 Å². The van der Waals surface area contributed by atoms with Gasteiger partial charge in [-0.1, -0.05) is 24.3 Å². The average Bonchev–Trinajstić information content (AvgIpc) is 2.39. The SMILES string of the molecule is Nc1ccc(C(=O)CC2Cc3ccccc32)cc1Br. The first-order valence-corrected chi connectivity index (χ1v) is 7.10. The van der Waals surface area contributed by atoms with E-state index in [2.05, 4.69) is 28.1 Å². The van der Waals surface area contributed by atoms with Crippen LogP contribution >= 0.6 is 15.9 Å². The van der Waals surface area contributed by atoms with E-state index in [0.29, 0.717) is 18.0 Å². The lowest BCUT2D eigenvalue weighted by molar-refractivity contribution is 0.0970. The van der Waals surface area contributed by atoms with E-state index in [1.807, 2.05) is 18.2 Å². The van der Waals surface area contributed by atoms with Crippen molar-refractivity contribution < 1.29 is 4.79 Å². The molecule has 0 fully saturated rings. The minimum Gasteiger partial charge on any atom is -0.398 e. The lowest BCUT2D eigenvalue weighted by Gasteiger charge is -2.29. The summed E-state index contributed by atoms with van der Waals surface area (Å²) in [7, 11) is 0. The number of nitrogen functional groups attached to an aromatic ring is 1. The second-order valence-electron chi connectivity index (χ2n) is 4.96. The fourth-order valence-electron chi connectivity index (χ4n) is 2.59. The number of ketones is 1. The summed E-state index contributed by atoms with van der Waals surface area (Å²) >= 11 is 3.36. The van der Waals surface area contributed by atoms with Gasteiger partial charge in [0.1, 0.15) is 0 Å². The molecule has 0 aliphatic heterocycles. The zero-order chi connectivity index (χ0) is 13.4. The molecule has 0 amide bonds. The van der Waals surface area contributed by atoms with Crippen LogP contribution in [0.25, 0.3) is 0 Å². The third-order valence-electron chi connectivity index (χ3n) is 3.72. The third-order valence-corrected chi connectivity index (χ3v) is 4.40. The van der Waals surface area contributed by atoms with E-state index in [1.54, 1.807) is 12.1 Å². The van der Waals surface area contributed by atoms with Gasteiger partial charge in [-0.2, -0.15) is 0 Å². The molecule has 1 unspecified atom stereocenters. The molecule has 0 aromatic heterocycles. The second kappa shape index (κ2) is 4.82. The lowest BCUT2D eigenvalue weighted by atomic mass is 9.74. The molecule has 0 heterocycles. The van der Waals surface area contributed by atoms with Gasteiger partial charge < -0.3 is 5.73 Å². The molecular weight excluding hydrogens is 302 g/mol. The average molecular weight is 316 g/mol. The largest absolute Gasteiger partial charge is 0.398 e. The van der Waals surface area contributed by atoms with Crippen molar-refractivity contribution >= 4 is 27.4 Å². The van der Waals surface area contributed by atoms with Gasteiger partial charge >= 0.3 is 0 Å². The number of fused-ring (bicyclic) bond motifs is 1. The van der Waals surface area contributed by atoms with Crippen LogP contribution in [0.4, 0.5) is 5.69 Å². The summed E-state index contributed by atoms with van der Waals surface area (Å²) in [6, 6.07) is 13.7. The molecule has 1 aliphatic rings. The van der Waals surface area contributed by atoms with Crippen molar-refractivity contribution in [1.29, 1.82) is 0 Å². The van der Waals surface area contributed by atoms with Crippen LogP contribution in [-0.2, 0) is 6.42 Å². The summed E-state index contributed by atoms with van der Waals surface area (Å²) in [6.45, 7) is 0. The van der Waals surface area contributed by atoms with Crippen molar-refractivity contribution in [2.45, 2.75) is 18.8 Å². The molecule has 3 heteroatoms. The Morgan fingerprint density at radius 1 is 1.26 bits per heavy atom. The van der Waals surface area contributed by atoms with Gasteiger partial charge in [0.25, 0.3) is 0 Å². The number of nitrogens with two attached hydrogens (primary N) is 1. The molecule has 3 rings (SSSR count). The summed E-state index contributed by atoms with van der Waals surface area (Å²) in [5, 5.41) is 0. The molecule has 19 heavy (non-hydrogen) atoms. The highest BCUT2D eigenvalue weighted by molar-refractivity contribution is 9.10.